The van der Waals surface area contributed by atoms with Crippen molar-refractivity contribution in [2.24, 2.45) is 0 Å². The highest BCUT2D eigenvalue weighted by Gasteiger charge is 2.09. The molecule has 2 rings (SSSR count). The lowest BCUT2D eigenvalue weighted by Gasteiger charge is -2.19. The van der Waals surface area contributed by atoms with Crippen molar-refractivity contribution in [1.29, 1.82) is 0 Å². The molecule has 0 aliphatic heterocycles. The molecule has 0 atom stereocenters. The molecule has 2 aromatic rings. The Morgan fingerprint density at radius 1 is 1.19 bits per heavy atom. The Bertz CT molecular complexity index is 559. The minimum atomic E-state index is 0.764. The van der Waals surface area contributed by atoms with Crippen LogP contribution in [0.1, 0.15) is 6.92 Å². The van der Waals surface area contributed by atoms with E-state index in [2.05, 4.69) is 35.4 Å². The van der Waals surface area contributed by atoms with Gasteiger partial charge in [-0.25, -0.2) is 9.97 Å². The van der Waals surface area contributed by atoms with E-state index in [0.717, 1.165) is 41.9 Å². The van der Waals surface area contributed by atoms with Crippen molar-refractivity contribution in [3.63, 3.8) is 0 Å². The molecule has 0 fully saturated rings. The van der Waals surface area contributed by atoms with Crippen LogP contribution < -0.4 is 10.2 Å². The Balaban J connectivity index is 2.34. The fourth-order valence-electron chi connectivity index (χ4n) is 1.96. The van der Waals surface area contributed by atoms with Crippen molar-refractivity contribution in [1.82, 2.24) is 9.97 Å². The van der Waals surface area contributed by atoms with Crippen LogP contribution >= 0.6 is 11.8 Å². The quantitative estimate of drug-likeness (QED) is 0.849. The molecule has 0 saturated heterocycles. The number of aromatic nitrogens is 2. The molecule has 112 valence electrons. The minimum absolute atomic E-state index is 0.764. The smallest absolute Gasteiger partial charge is 0.163 e. The molecule has 4 nitrogen and oxygen atoms in total. The Hall–Kier alpha value is -1.75. The van der Waals surface area contributed by atoms with Crippen LogP contribution in [0, 0.1) is 0 Å². The van der Waals surface area contributed by atoms with Gasteiger partial charge in [0, 0.05) is 37.5 Å². The van der Waals surface area contributed by atoms with E-state index in [0.29, 0.717) is 0 Å². The van der Waals surface area contributed by atoms with Crippen LogP contribution in [0.5, 0.6) is 0 Å². The average molecular weight is 302 g/mol. The number of hydrogen-bond acceptors (Lipinski definition) is 5. The van der Waals surface area contributed by atoms with Crippen molar-refractivity contribution in [2.75, 3.05) is 42.4 Å². The number of nitrogens with zero attached hydrogens (tertiary/aromatic N) is 3. The van der Waals surface area contributed by atoms with E-state index in [1.165, 1.54) is 0 Å². The maximum absolute atomic E-state index is 4.70. The average Bonchev–Trinajstić information content (AvgIpc) is 2.53. The molecule has 1 heterocycles. The lowest BCUT2D eigenvalue weighted by Crippen LogP contribution is -2.22. The van der Waals surface area contributed by atoms with Gasteiger partial charge in [0.15, 0.2) is 5.82 Å². The summed E-state index contributed by atoms with van der Waals surface area (Å²) in [6.45, 7) is 3.89. The Kier molecular flexibility index (Phi) is 5.87. The molecule has 0 aliphatic rings. The van der Waals surface area contributed by atoms with Crippen molar-refractivity contribution in [2.45, 2.75) is 6.92 Å². The number of thioether (sulfide) groups is 1. The molecule has 1 aromatic heterocycles. The molecular formula is C16H22N4S. The predicted octanol–water partition coefficient (Wildman–Crippen LogP) is 3.37. The Morgan fingerprint density at radius 2 is 1.95 bits per heavy atom. The summed E-state index contributed by atoms with van der Waals surface area (Å²) >= 11 is 1.84. The van der Waals surface area contributed by atoms with Gasteiger partial charge in [0.05, 0.1) is 0 Å². The predicted molar refractivity (Wildman–Crippen MR) is 93.3 cm³/mol. The van der Waals surface area contributed by atoms with Gasteiger partial charge in [-0.1, -0.05) is 30.3 Å². The molecular weight excluding hydrogens is 280 g/mol. The zero-order chi connectivity index (χ0) is 15.1. The molecule has 0 aliphatic carbocycles. The first-order valence-electron chi connectivity index (χ1n) is 7.13. The van der Waals surface area contributed by atoms with E-state index in [9.17, 15) is 0 Å². The first-order chi connectivity index (χ1) is 10.2. The summed E-state index contributed by atoms with van der Waals surface area (Å²) in [5.41, 5.74) is 1.04. The Labute approximate surface area is 131 Å². The standard InChI is InChI=1S/C16H22N4S/c1-4-17-14-12-15(20(2)10-11-21-3)19-16(18-14)13-8-6-5-7-9-13/h5-9,12H,4,10-11H2,1-3H3,(H,17,18,19). The van der Waals surface area contributed by atoms with Crippen molar-refractivity contribution in [3.05, 3.63) is 36.4 Å². The number of hydrogen-bond donors (Lipinski definition) is 1. The molecule has 5 heteroatoms. The normalized spacial score (nSPS) is 10.4. The molecule has 1 N–H and O–H groups in total. The van der Waals surface area contributed by atoms with Gasteiger partial charge in [0.25, 0.3) is 0 Å². The van der Waals surface area contributed by atoms with Gasteiger partial charge in [-0.3, -0.25) is 0 Å². The summed E-state index contributed by atoms with van der Waals surface area (Å²) in [7, 11) is 2.07. The van der Waals surface area contributed by atoms with Crippen LogP contribution in [-0.2, 0) is 0 Å². The second-order valence-corrected chi connectivity index (χ2v) is 5.73. The third-order valence-corrected chi connectivity index (χ3v) is 3.72. The first-order valence-corrected chi connectivity index (χ1v) is 8.52. The van der Waals surface area contributed by atoms with Crippen LogP contribution in [0.4, 0.5) is 11.6 Å². The monoisotopic (exact) mass is 302 g/mol. The third kappa shape index (κ3) is 4.36. The molecule has 1 aromatic carbocycles. The highest BCUT2D eigenvalue weighted by atomic mass is 32.2. The second-order valence-electron chi connectivity index (χ2n) is 4.75. The minimum Gasteiger partial charge on any atom is -0.370 e. The largest absolute Gasteiger partial charge is 0.370 e. The Morgan fingerprint density at radius 3 is 2.62 bits per heavy atom. The summed E-state index contributed by atoms with van der Waals surface area (Å²) in [4.78, 5) is 11.5. The van der Waals surface area contributed by atoms with E-state index >= 15 is 0 Å². The summed E-state index contributed by atoms with van der Waals surface area (Å²) in [5, 5.41) is 3.29. The van der Waals surface area contributed by atoms with Crippen LogP contribution in [0.15, 0.2) is 36.4 Å². The highest BCUT2D eigenvalue weighted by molar-refractivity contribution is 7.98. The fraction of sp³-hybridized carbons (Fsp3) is 0.375. The fourth-order valence-corrected chi connectivity index (χ4v) is 2.42. The van der Waals surface area contributed by atoms with E-state index in [1.54, 1.807) is 0 Å². The maximum Gasteiger partial charge on any atom is 0.163 e. The van der Waals surface area contributed by atoms with Gasteiger partial charge in [-0.2, -0.15) is 11.8 Å². The van der Waals surface area contributed by atoms with Gasteiger partial charge in [-0.05, 0) is 13.2 Å². The van der Waals surface area contributed by atoms with Gasteiger partial charge in [0.1, 0.15) is 11.6 Å². The third-order valence-electron chi connectivity index (χ3n) is 3.12. The lowest BCUT2D eigenvalue weighted by atomic mass is 10.2. The van der Waals surface area contributed by atoms with E-state index < -0.39 is 0 Å². The van der Waals surface area contributed by atoms with Gasteiger partial charge < -0.3 is 10.2 Å². The topological polar surface area (TPSA) is 41.0 Å². The van der Waals surface area contributed by atoms with E-state index in [1.807, 2.05) is 48.2 Å². The second kappa shape index (κ2) is 7.88. The number of anilines is 2. The summed E-state index contributed by atoms with van der Waals surface area (Å²) in [6, 6.07) is 12.1. The van der Waals surface area contributed by atoms with Crippen LogP contribution in [0.3, 0.4) is 0 Å². The van der Waals surface area contributed by atoms with Gasteiger partial charge in [-0.15, -0.1) is 0 Å². The van der Waals surface area contributed by atoms with Crippen LogP contribution in [-0.4, -0.2) is 42.1 Å². The van der Waals surface area contributed by atoms with Crippen LogP contribution in [0.2, 0.25) is 0 Å². The van der Waals surface area contributed by atoms with E-state index in [4.69, 9.17) is 4.98 Å². The van der Waals surface area contributed by atoms with Crippen molar-refractivity contribution < 1.29 is 0 Å². The van der Waals surface area contributed by atoms with Gasteiger partial charge in [0.2, 0.25) is 0 Å². The highest BCUT2D eigenvalue weighted by Crippen LogP contribution is 2.21. The zero-order valence-corrected chi connectivity index (χ0v) is 13.7. The molecule has 0 amide bonds. The lowest BCUT2D eigenvalue weighted by molar-refractivity contribution is 0.938. The van der Waals surface area contributed by atoms with Crippen molar-refractivity contribution in [3.8, 4) is 11.4 Å². The summed E-state index contributed by atoms with van der Waals surface area (Å²) in [6.07, 6.45) is 2.12. The molecule has 0 saturated carbocycles. The molecule has 0 unspecified atom stereocenters. The number of nitrogens with one attached hydrogen (secondary N) is 1. The maximum atomic E-state index is 4.70. The zero-order valence-electron chi connectivity index (χ0n) is 12.8. The SMILES string of the molecule is CCNc1cc(N(C)CCSC)nc(-c2ccccc2)n1. The first kappa shape index (κ1) is 15.6. The van der Waals surface area contributed by atoms with Crippen LogP contribution in [0.25, 0.3) is 11.4 Å². The molecule has 0 spiro atoms. The van der Waals surface area contributed by atoms with Crippen molar-refractivity contribution >= 4 is 23.4 Å². The van der Waals surface area contributed by atoms with E-state index in [-0.39, 0.29) is 0 Å². The molecule has 21 heavy (non-hydrogen) atoms. The summed E-state index contributed by atoms with van der Waals surface area (Å²) in [5.74, 6) is 3.67. The number of benzene rings is 1. The summed E-state index contributed by atoms with van der Waals surface area (Å²) < 4.78 is 0. The number of rotatable bonds is 7. The molecule has 0 radical (unpaired) electrons. The van der Waals surface area contributed by atoms with Gasteiger partial charge >= 0.3 is 0 Å². The molecule has 0 bridgehead atoms.